The molecule has 1 rings (SSSR count). The molecule has 1 aliphatic heterocycles. The molecular weight excluding hydrogens is 226 g/mol. The number of piperidine rings is 1. The number of likely N-dealkylation sites (tertiary alicyclic amines) is 1. The van der Waals surface area contributed by atoms with Gasteiger partial charge in [0, 0.05) is 25.1 Å². The number of aliphatic hydroxyl groups excluding tert-OH is 1. The average molecular weight is 255 g/mol. The summed E-state index contributed by atoms with van der Waals surface area (Å²) in [6.45, 7) is 8.24. The Kier molecular flexibility index (Phi) is 6.13. The minimum absolute atomic E-state index is 0.221. The molecule has 3 nitrogen and oxygen atoms in total. The second-order valence-electron chi connectivity index (χ2n) is 6.26. The summed E-state index contributed by atoms with van der Waals surface area (Å²) in [6.07, 6.45) is 6.44. The highest BCUT2D eigenvalue weighted by molar-refractivity contribution is 5.82. The van der Waals surface area contributed by atoms with E-state index in [-0.39, 0.29) is 12.0 Å². The van der Waals surface area contributed by atoms with E-state index in [4.69, 9.17) is 5.11 Å². The van der Waals surface area contributed by atoms with Crippen molar-refractivity contribution in [1.82, 2.24) is 4.90 Å². The van der Waals surface area contributed by atoms with Crippen LogP contribution in [-0.4, -0.2) is 35.6 Å². The van der Waals surface area contributed by atoms with Crippen molar-refractivity contribution in [2.75, 3.05) is 19.7 Å². The predicted octanol–water partition coefficient (Wildman–Crippen LogP) is 2.82. The molecule has 0 aromatic rings. The highest BCUT2D eigenvalue weighted by Crippen LogP contribution is 2.28. The minimum Gasteiger partial charge on any atom is -0.396 e. The van der Waals surface area contributed by atoms with Crippen LogP contribution in [0.25, 0.3) is 0 Å². The van der Waals surface area contributed by atoms with Crippen molar-refractivity contribution in [2.45, 2.75) is 59.3 Å². The molecule has 0 bridgehead atoms. The first-order chi connectivity index (χ1) is 8.51. The maximum Gasteiger partial charge on any atom is 0.228 e. The van der Waals surface area contributed by atoms with Crippen molar-refractivity contribution in [2.24, 2.45) is 11.3 Å². The van der Waals surface area contributed by atoms with E-state index in [1.165, 1.54) is 12.8 Å². The summed E-state index contributed by atoms with van der Waals surface area (Å²) >= 11 is 0. The molecule has 0 unspecified atom stereocenters. The summed E-state index contributed by atoms with van der Waals surface area (Å²) in [5.74, 6) is 0.701. The molecule has 3 heteroatoms. The van der Waals surface area contributed by atoms with Crippen LogP contribution in [0.5, 0.6) is 0 Å². The number of hydrogen-bond acceptors (Lipinski definition) is 2. The molecule has 1 amide bonds. The lowest BCUT2D eigenvalue weighted by molar-refractivity contribution is -0.142. The second-order valence-corrected chi connectivity index (χ2v) is 6.26. The number of nitrogens with zero attached hydrogens (tertiary/aromatic N) is 1. The van der Waals surface area contributed by atoms with E-state index in [1.807, 2.05) is 4.90 Å². The molecular formula is C15H29NO2. The Labute approximate surface area is 112 Å². The smallest absolute Gasteiger partial charge is 0.228 e. The normalized spacial score (nSPS) is 18.1. The van der Waals surface area contributed by atoms with Crippen LogP contribution >= 0.6 is 0 Å². The lowest BCUT2D eigenvalue weighted by atomic mass is 9.84. The largest absolute Gasteiger partial charge is 0.396 e. The molecule has 18 heavy (non-hydrogen) atoms. The van der Waals surface area contributed by atoms with Crippen LogP contribution < -0.4 is 0 Å². The summed E-state index contributed by atoms with van der Waals surface area (Å²) in [6, 6.07) is 0. The zero-order valence-electron chi connectivity index (χ0n) is 12.2. The molecule has 1 saturated heterocycles. The van der Waals surface area contributed by atoms with E-state index in [0.29, 0.717) is 11.8 Å². The van der Waals surface area contributed by atoms with Crippen LogP contribution in [-0.2, 0) is 4.79 Å². The topological polar surface area (TPSA) is 40.5 Å². The number of hydrogen-bond donors (Lipinski definition) is 1. The minimum atomic E-state index is -0.221. The molecule has 1 fully saturated rings. The first kappa shape index (κ1) is 15.5. The summed E-state index contributed by atoms with van der Waals surface area (Å²) in [4.78, 5) is 14.5. The summed E-state index contributed by atoms with van der Waals surface area (Å²) in [7, 11) is 0. The highest BCUT2D eigenvalue weighted by atomic mass is 16.3. The maximum absolute atomic E-state index is 12.5. The molecule has 1 N–H and O–H groups in total. The lowest BCUT2D eigenvalue weighted by Crippen LogP contribution is -2.45. The molecule has 0 saturated carbocycles. The predicted molar refractivity (Wildman–Crippen MR) is 74.3 cm³/mol. The number of rotatable bonds is 6. The molecule has 106 valence electrons. The third-order valence-electron chi connectivity index (χ3n) is 4.14. The van der Waals surface area contributed by atoms with Gasteiger partial charge in [-0.25, -0.2) is 0 Å². The number of carbonyl (C=O) groups excluding carboxylic acids is 1. The van der Waals surface area contributed by atoms with Gasteiger partial charge in [-0.15, -0.1) is 0 Å². The molecule has 0 spiro atoms. The van der Waals surface area contributed by atoms with Crippen LogP contribution in [0.3, 0.4) is 0 Å². The highest BCUT2D eigenvalue weighted by Gasteiger charge is 2.33. The van der Waals surface area contributed by atoms with E-state index in [2.05, 4.69) is 20.8 Å². The van der Waals surface area contributed by atoms with E-state index < -0.39 is 0 Å². The summed E-state index contributed by atoms with van der Waals surface area (Å²) in [5, 5.41) is 9.12. The fourth-order valence-corrected chi connectivity index (χ4v) is 2.67. The Hall–Kier alpha value is -0.570. The second kappa shape index (κ2) is 7.13. The quantitative estimate of drug-likeness (QED) is 0.741. The van der Waals surface area contributed by atoms with E-state index in [1.54, 1.807) is 0 Å². The Bertz CT molecular complexity index is 255. The molecule has 0 radical (unpaired) electrons. The molecule has 1 aliphatic rings. The van der Waals surface area contributed by atoms with Gasteiger partial charge in [0.05, 0.1) is 0 Å². The van der Waals surface area contributed by atoms with Crippen LogP contribution in [0.4, 0.5) is 0 Å². The Morgan fingerprint density at radius 2 is 1.89 bits per heavy atom. The van der Waals surface area contributed by atoms with Gasteiger partial charge in [0.15, 0.2) is 0 Å². The van der Waals surface area contributed by atoms with Gasteiger partial charge in [-0.1, -0.05) is 40.0 Å². The molecule has 0 aromatic carbocycles. The van der Waals surface area contributed by atoms with Crippen molar-refractivity contribution >= 4 is 5.91 Å². The van der Waals surface area contributed by atoms with E-state index >= 15 is 0 Å². The van der Waals surface area contributed by atoms with Gasteiger partial charge in [-0.2, -0.15) is 0 Å². The van der Waals surface area contributed by atoms with Crippen molar-refractivity contribution in [3.05, 3.63) is 0 Å². The van der Waals surface area contributed by atoms with Crippen LogP contribution in [0.2, 0.25) is 0 Å². The Balaban J connectivity index is 2.43. The number of amides is 1. The van der Waals surface area contributed by atoms with E-state index in [0.717, 1.165) is 38.8 Å². The van der Waals surface area contributed by atoms with Gasteiger partial charge >= 0.3 is 0 Å². The van der Waals surface area contributed by atoms with E-state index in [9.17, 15) is 4.79 Å². The summed E-state index contributed by atoms with van der Waals surface area (Å²) < 4.78 is 0. The van der Waals surface area contributed by atoms with Crippen molar-refractivity contribution in [3.63, 3.8) is 0 Å². The van der Waals surface area contributed by atoms with Crippen LogP contribution in [0, 0.1) is 11.3 Å². The first-order valence-electron chi connectivity index (χ1n) is 7.41. The number of carbonyl (C=O) groups is 1. The van der Waals surface area contributed by atoms with Gasteiger partial charge in [0.2, 0.25) is 5.91 Å². The molecule has 0 aromatic heterocycles. The standard InChI is InChI=1S/C15H29NO2/c1-4-5-6-9-15(2,3)14(18)16-10-7-13(12-17)8-11-16/h13,17H,4-12H2,1-3H3. The monoisotopic (exact) mass is 255 g/mol. The van der Waals surface area contributed by atoms with Crippen molar-refractivity contribution in [1.29, 1.82) is 0 Å². The Morgan fingerprint density at radius 3 is 2.39 bits per heavy atom. The molecule has 0 aliphatic carbocycles. The van der Waals surface area contributed by atoms with Crippen molar-refractivity contribution in [3.8, 4) is 0 Å². The SMILES string of the molecule is CCCCCC(C)(C)C(=O)N1CCC(CO)CC1. The zero-order chi connectivity index (χ0) is 13.6. The van der Waals surface area contributed by atoms with Crippen molar-refractivity contribution < 1.29 is 9.90 Å². The molecule has 0 atom stereocenters. The third-order valence-corrected chi connectivity index (χ3v) is 4.14. The fraction of sp³-hybridized carbons (Fsp3) is 0.933. The molecule has 1 heterocycles. The number of aliphatic hydroxyl groups is 1. The Morgan fingerprint density at radius 1 is 1.28 bits per heavy atom. The average Bonchev–Trinajstić information content (AvgIpc) is 2.38. The van der Waals surface area contributed by atoms with Crippen LogP contribution in [0.15, 0.2) is 0 Å². The van der Waals surface area contributed by atoms with Gasteiger partial charge < -0.3 is 10.0 Å². The first-order valence-corrected chi connectivity index (χ1v) is 7.41. The maximum atomic E-state index is 12.5. The number of unbranched alkanes of at least 4 members (excludes halogenated alkanes) is 2. The van der Waals surface area contributed by atoms with Gasteiger partial charge in [0.1, 0.15) is 0 Å². The third kappa shape index (κ3) is 4.27. The summed E-state index contributed by atoms with van der Waals surface area (Å²) in [5.41, 5.74) is -0.221. The fourth-order valence-electron chi connectivity index (χ4n) is 2.67. The van der Waals surface area contributed by atoms with Gasteiger partial charge in [-0.3, -0.25) is 4.79 Å². The van der Waals surface area contributed by atoms with Crippen LogP contribution in [0.1, 0.15) is 59.3 Å². The zero-order valence-corrected chi connectivity index (χ0v) is 12.2. The van der Waals surface area contributed by atoms with Gasteiger partial charge in [-0.05, 0) is 25.2 Å². The lowest BCUT2D eigenvalue weighted by Gasteiger charge is -2.36. The van der Waals surface area contributed by atoms with Gasteiger partial charge in [0.25, 0.3) is 0 Å².